The zero-order valence-electron chi connectivity index (χ0n) is 10.7. The Balaban J connectivity index is 2.13. The summed E-state index contributed by atoms with van der Waals surface area (Å²) in [4.78, 5) is 10.8. The Morgan fingerprint density at radius 1 is 1.32 bits per heavy atom. The van der Waals surface area contributed by atoms with Gasteiger partial charge < -0.3 is 9.52 Å². The van der Waals surface area contributed by atoms with Crippen LogP contribution in [0.5, 0.6) is 0 Å². The van der Waals surface area contributed by atoms with E-state index in [1.165, 1.54) is 12.1 Å². The quantitative estimate of drug-likeness (QED) is 0.652. The van der Waals surface area contributed by atoms with Gasteiger partial charge in [0.1, 0.15) is 17.2 Å². The van der Waals surface area contributed by atoms with Gasteiger partial charge >= 0.3 is 5.97 Å². The van der Waals surface area contributed by atoms with Gasteiger partial charge in [0.15, 0.2) is 0 Å². The van der Waals surface area contributed by atoms with E-state index in [2.05, 4.69) is 10.5 Å². The largest absolute Gasteiger partial charge is 0.478 e. The minimum atomic E-state index is -0.967. The molecule has 1 heterocycles. The summed E-state index contributed by atoms with van der Waals surface area (Å²) in [6, 6.07) is 10.2. The molecular formula is C14H14N2O3. The first-order valence-corrected chi connectivity index (χ1v) is 5.77. The fourth-order valence-corrected chi connectivity index (χ4v) is 1.55. The number of rotatable bonds is 4. The third-order valence-corrected chi connectivity index (χ3v) is 2.56. The molecule has 1 aromatic carbocycles. The number of nitrogens with one attached hydrogen (secondary N) is 1. The fraction of sp³-hybridized carbons (Fsp3) is 0.143. The van der Waals surface area contributed by atoms with E-state index in [0.29, 0.717) is 17.2 Å². The highest BCUT2D eigenvalue weighted by Crippen LogP contribution is 2.12. The van der Waals surface area contributed by atoms with Crippen LogP contribution in [0.2, 0.25) is 0 Å². The molecule has 0 aliphatic rings. The first-order valence-electron chi connectivity index (χ1n) is 5.77. The number of nitrogens with zero attached hydrogens (tertiary/aromatic N) is 1. The molecule has 0 aliphatic carbocycles. The minimum absolute atomic E-state index is 0.215. The van der Waals surface area contributed by atoms with Gasteiger partial charge in [-0.1, -0.05) is 6.07 Å². The van der Waals surface area contributed by atoms with Crippen molar-refractivity contribution in [1.82, 2.24) is 0 Å². The number of benzene rings is 1. The Morgan fingerprint density at radius 3 is 2.74 bits per heavy atom. The van der Waals surface area contributed by atoms with Crippen molar-refractivity contribution in [3.8, 4) is 0 Å². The lowest BCUT2D eigenvalue weighted by Gasteiger charge is -2.03. The van der Waals surface area contributed by atoms with Crippen molar-refractivity contribution in [2.24, 2.45) is 5.10 Å². The molecule has 0 radical (unpaired) electrons. The summed E-state index contributed by atoms with van der Waals surface area (Å²) in [7, 11) is 0. The van der Waals surface area contributed by atoms with Gasteiger partial charge in [0.25, 0.3) is 0 Å². The molecule has 0 spiro atoms. The van der Waals surface area contributed by atoms with Crippen LogP contribution in [0.1, 0.15) is 28.8 Å². The fourth-order valence-electron chi connectivity index (χ4n) is 1.55. The van der Waals surface area contributed by atoms with Crippen molar-refractivity contribution < 1.29 is 14.3 Å². The average Bonchev–Trinajstić information content (AvgIpc) is 2.83. The van der Waals surface area contributed by atoms with Crippen LogP contribution in [0.4, 0.5) is 5.69 Å². The van der Waals surface area contributed by atoms with Crippen LogP contribution in [0.15, 0.2) is 45.9 Å². The van der Waals surface area contributed by atoms with E-state index in [9.17, 15) is 4.79 Å². The summed E-state index contributed by atoms with van der Waals surface area (Å²) in [6.07, 6.45) is 0. The Bertz CT molecular complexity index is 629. The predicted octanol–water partition coefficient (Wildman–Crippen LogP) is 3.12. The number of aryl methyl sites for hydroxylation is 1. The number of furan rings is 1. The number of hydrazone groups is 1. The highest BCUT2D eigenvalue weighted by atomic mass is 16.4. The average molecular weight is 258 g/mol. The predicted molar refractivity (Wildman–Crippen MR) is 72.7 cm³/mol. The topological polar surface area (TPSA) is 74.8 Å². The molecule has 0 saturated carbocycles. The Hall–Kier alpha value is -2.56. The zero-order chi connectivity index (χ0) is 13.8. The SMILES string of the molecule is C/C(=N/Nc1cccc(C(=O)O)c1)c1ccc(C)o1. The van der Waals surface area contributed by atoms with E-state index in [1.807, 2.05) is 26.0 Å². The molecule has 19 heavy (non-hydrogen) atoms. The van der Waals surface area contributed by atoms with Crippen molar-refractivity contribution in [1.29, 1.82) is 0 Å². The molecule has 0 bridgehead atoms. The third-order valence-electron chi connectivity index (χ3n) is 2.56. The Labute approximate surface area is 110 Å². The van der Waals surface area contributed by atoms with E-state index >= 15 is 0 Å². The van der Waals surface area contributed by atoms with Gasteiger partial charge in [-0.15, -0.1) is 0 Å². The zero-order valence-corrected chi connectivity index (χ0v) is 10.7. The van der Waals surface area contributed by atoms with Crippen LogP contribution in [0.3, 0.4) is 0 Å². The second-order valence-electron chi connectivity index (χ2n) is 4.11. The molecule has 2 aromatic rings. The molecule has 2 rings (SSSR count). The molecule has 0 fully saturated rings. The van der Waals surface area contributed by atoms with Gasteiger partial charge in [-0.2, -0.15) is 5.10 Å². The van der Waals surface area contributed by atoms with Crippen LogP contribution in [-0.4, -0.2) is 16.8 Å². The van der Waals surface area contributed by atoms with Crippen molar-refractivity contribution in [3.05, 3.63) is 53.5 Å². The Morgan fingerprint density at radius 2 is 2.11 bits per heavy atom. The van der Waals surface area contributed by atoms with Gasteiger partial charge in [0.2, 0.25) is 0 Å². The first kappa shape index (κ1) is 12.9. The highest BCUT2D eigenvalue weighted by molar-refractivity contribution is 5.96. The van der Waals surface area contributed by atoms with Crippen LogP contribution in [-0.2, 0) is 0 Å². The molecule has 5 heteroatoms. The monoisotopic (exact) mass is 258 g/mol. The molecule has 0 amide bonds. The van der Waals surface area contributed by atoms with Gasteiger partial charge in [-0.25, -0.2) is 4.79 Å². The number of hydrogen-bond donors (Lipinski definition) is 2. The third kappa shape index (κ3) is 3.22. The summed E-state index contributed by atoms with van der Waals surface area (Å²) in [6.45, 7) is 3.67. The van der Waals surface area contributed by atoms with Crippen LogP contribution >= 0.6 is 0 Å². The van der Waals surface area contributed by atoms with Crippen molar-refractivity contribution in [2.45, 2.75) is 13.8 Å². The summed E-state index contributed by atoms with van der Waals surface area (Å²) in [5, 5.41) is 13.0. The van der Waals surface area contributed by atoms with Gasteiger partial charge in [-0.3, -0.25) is 5.43 Å². The molecule has 0 atom stereocenters. The number of carboxylic acids is 1. The Kier molecular flexibility index (Phi) is 3.66. The molecule has 0 saturated heterocycles. The maximum atomic E-state index is 10.8. The normalized spacial score (nSPS) is 11.4. The molecule has 98 valence electrons. The smallest absolute Gasteiger partial charge is 0.335 e. The maximum absolute atomic E-state index is 10.8. The van der Waals surface area contributed by atoms with E-state index < -0.39 is 5.97 Å². The molecule has 2 N–H and O–H groups in total. The second kappa shape index (κ2) is 5.39. The first-order chi connectivity index (χ1) is 9.06. The van der Waals surface area contributed by atoms with Gasteiger partial charge in [-0.05, 0) is 44.2 Å². The summed E-state index contributed by atoms with van der Waals surface area (Å²) < 4.78 is 5.43. The van der Waals surface area contributed by atoms with Gasteiger partial charge in [0.05, 0.1) is 11.3 Å². The summed E-state index contributed by atoms with van der Waals surface area (Å²) >= 11 is 0. The van der Waals surface area contributed by atoms with Crippen molar-refractivity contribution >= 4 is 17.4 Å². The van der Waals surface area contributed by atoms with Crippen LogP contribution < -0.4 is 5.43 Å². The molecule has 1 aromatic heterocycles. The van der Waals surface area contributed by atoms with Crippen LogP contribution in [0.25, 0.3) is 0 Å². The van der Waals surface area contributed by atoms with E-state index in [4.69, 9.17) is 9.52 Å². The number of hydrogen-bond acceptors (Lipinski definition) is 4. The summed E-state index contributed by atoms with van der Waals surface area (Å²) in [5.74, 6) is 0.530. The van der Waals surface area contributed by atoms with E-state index in [1.54, 1.807) is 12.1 Å². The lowest BCUT2D eigenvalue weighted by atomic mass is 10.2. The minimum Gasteiger partial charge on any atom is -0.478 e. The molecule has 5 nitrogen and oxygen atoms in total. The van der Waals surface area contributed by atoms with Gasteiger partial charge in [0, 0.05) is 0 Å². The molecule has 0 aliphatic heterocycles. The van der Waals surface area contributed by atoms with Crippen molar-refractivity contribution in [3.63, 3.8) is 0 Å². The number of carboxylic acid groups (broad SMARTS) is 1. The number of carbonyl (C=O) groups is 1. The lowest BCUT2D eigenvalue weighted by molar-refractivity contribution is 0.0697. The summed E-state index contributed by atoms with van der Waals surface area (Å²) in [5.41, 5.74) is 4.33. The van der Waals surface area contributed by atoms with Crippen LogP contribution in [0, 0.1) is 6.92 Å². The number of aromatic carboxylic acids is 1. The molecule has 0 unspecified atom stereocenters. The maximum Gasteiger partial charge on any atom is 0.335 e. The molecular weight excluding hydrogens is 244 g/mol. The highest BCUT2D eigenvalue weighted by Gasteiger charge is 2.04. The number of anilines is 1. The van der Waals surface area contributed by atoms with Crippen molar-refractivity contribution in [2.75, 3.05) is 5.43 Å². The second-order valence-corrected chi connectivity index (χ2v) is 4.11. The standard InChI is InChI=1S/C14H14N2O3/c1-9-6-7-13(19-9)10(2)15-16-12-5-3-4-11(8-12)14(17)18/h3-8,16H,1-2H3,(H,17,18)/b15-10-. The van der Waals surface area contributed by atoms with E-state index in [0.717, 1.165) is 5.76 Å². The van der Waals surface area contributed by atoms with E-state index in [-0.39, 0.29) is 5.56 Å². The lowest BCUT2D eigenvalue weighted by Crippen LogP contribution is -2.00.